The third-order valence-corrected chi connectivity index (χ3v) is 3.61. The molecule has 0 radical (unpaired) electrons. The van der Waals surface area contributed by atoms with Crippen molar-refractivity contribution in [2.45, 2.75) is 46.0 Å². The van der Waals surface area contributed by atoms with Crippen LogP contribution >= 0.6 is 0 Å². The number of methoxy groups -OCH3 is 1. The first-order chi connectivity index (χ1) is 8.53. The van der Waals surface area contributed by atoms with Gasteiger partial charge >= 0.3 is 5.97 Å². The molecular weight excluding hydrogens is 224 g/mol. The zero-order chi connectivity index (χ0) is 13.6. The first-order valence-corrected chi connectivity index (χ1v) is 6.67. The third kappa shape index (κ3) is 3.59. The SMILES string of the molecule is CCCC(C)(CC(C)c1ccccc1)C(=O)OC. The summed E-state index contributed by atoms with van der Waals surface area (Å²) in [6.07, 6.45) is 2.70. The lowest BCUT2D eigenvalue weighted by atomic mass is 9.76. The van der Waals surface area contributed by atoms with Crippen LogP contribution < -0.4 is 0 Å². The Morgan fingerprint density at radius 1 is 1.33 bits per heavy atom. The molecule has 0 spiro atoms. The van der Waals surface area contributed by atoms with Gasteiger partial charge in [0, 0.05) is 0 Å². The molecular formula is C16H24O2. The maximum atomic E-state index is 12.0. The minimum Gasteiger partial charge on any atom is -0.469 e. The highest BCUT2D eigenvalue weighted by Gasteiger charge is 2.35. The standard InChI is InChI=1S/C16H24O2/c1-5-11-16(3,15(17)18-4)12-13(2)14-9-7-6-8-10-14/h6-10,13H,5,11-12H2,1-4H3. The molecule has 1 rings (SSSR count). The van der Waals surface area contributed by atoms with Crippen LogP contribution in [-0.2, 0) is 9.53 Å². The predicted molar refractivity (Wildman–Crippen MR) is 74.5 cm³/mol. The molecule has 0 bridgehead atoms. The van der Waals surface area contributed by atoms with Crippen molar-refractivity contribution in [1.82, 2.24) is 0 Å². The van der Waals surface area contributed by atoms with E-state index in [1.807, 2.05) is 25.1 Å². The normalized spacial score (nSPS) is 15.8. The number of ether oxygens (including phenoxy) is 1. The lowest BCUT2D eigenvalue weighted by Gasteiger charge is -2.29. The van der Waals surface area contributed by atoms with Crippen molar-refractivity contribution >= 4 is 5.97 Å². The van der Waals surface area contributed by atoms with Gasteiger partial charge in [0.2, 0.25) is 0 Å². The molecule has 0 saturated carbocycles. The van der Waals surface area contributed by atoms with E-state index in [4.69, 9.17) is 4.74 Å². The highest BCUT2D eigenvalue weighted by Crippen LogP contribution is 2.36. The summed E-state index contributed by atoms with van der Waals surface area (Å²) in [6, 6.07) is 10.3. The summed E-state index contributed by atoms with van der Waals surface area (Å²) in [4.78, 5) is 12.0. The van der Waals surface area contributed by atoms with Crippen LogP contribution in [0.4, 0.5) is 0 Å². The van der Waals surface area contributed by atoms with Crippen molar-refractivity contribution in [1.29, 1.82) is 0 Å². The van der Waals surface area contributed by atoms with Crippen LogP contribution in [0.1, 0.15) is 51.5 Å². The molecule has 0 saturated heterocycles. The summed E-state index contributed by atoms with van der Waals surface area (Å²) in [5.74, 6) is 0.272. The molecule has 0 aromatic heterocycles. The van der Waals surface area contributed by atoms with Gasteiger partial charge < -0.3 is 4.74 Å². The fourth-order valence-electron chi connectivity index (χ4n) is 2.66. The van der Waals surface area contributed by atoms with E-state index in [0.717, 1.165) is 19.3 Å². The average molecular weight is 248 g/mol. The largest absolute Gasteiger partial charge is 0.469 e. The van der Waals surface area contributed by atoms with E-state index in [1.165, 1.54) is 12.7 Å². The summed E-state index contributed by atoms with van der Waals surface area (Å²) >= 11 is 0. The predicted octanol–water partition coefficient (Wildman–Crippen LogP) is 4.16. The van der Waals surface area contributed by atoms with E-state index in [-0.39, 0.29) is 11.4 Å². The molecule has 2 atom stereocenters. The molecule has 2 unspecified atom stereocenters. The Kier molecular flexibility index (Phi) is 5.39. The van der Waals surface area contributed by atoms with E-state index in [2.05, 4.69) is 26.0 Å². The Morgan fingerprint density at radius 2 is 1.94 bits per heavy atom. The fraction of sp³-hybridized carbons (Fsp3) is 0.562. The maximum absolute atomic E-state index is 12.0. The smallest absolute Gasteiger partial charge is 0.311 e. The highest BCUT2D eigenvalue weighted by molar-refractivity contribution is 5.76. The molecule has 0 fully saturated rings. The molecule has 1 aromatic carbocycles. The van der Waals surface area contributed by atoms with Crippen molar-refractivity contribution in [3.05, 3.63) is 35.9 Å². The quantitative estimate of drug-likeness (QED) is 0.707. The number of benzene rings is 1. The summed E-state index contributed by atoms with van der Waals surface area (Å²) in [7, 11) is 1.48. The van der Waals surface area contributed by atoms with Crippen molar-refractivity contribution < 1.29 is 9.53 Å². The van der Waals surface area contributed by atoms with Gasteiger partial charge in [0.25, 0.3) is 0 Å². The number of rotatable bonds is 6. The monoisotopic (exact) mass is 248 g/mol. The highest BCUT2D eigenvalue weighted by atomic mass is 16.5. The van der Waals surface area contributed by atoms with Gasteiger partial charge in [-0.1, -0.05) is 50.6 Å². The molecule has 1 aromatic rings. The van der Waals surface area contributed by atoms with Gasteiger partial charge in [-0.3, -0.25) is 4.79 Å². The van der Waals surface area contributed by atoms with E-state index >= 15 is 0 Å². The van der Waals surface area contributed by atoms with Crippen LogP contribution in [0.15, 0.2) is 30.3 Å². The van der Waals surface area contributed by atoms with E-state index < -0.39 is 0 Å². The zero-order valence-electron chi connectivity index (χ0n) is 11.9. The summed E-state index contributed by atoms with van der Waals surface area (Å²) in [6.45, 7) is 6.29. The zero-order valence-corrected chi connectivity index (χ0v) is 11.9. The van der Waals surface area contributed by atoms with Crippen LogP contribution in [0.3, 0.4) is 0 Å². The third-order valence-electron chi connectivity index (χ3n) is 3.61. The Balaban J connectivity index is 2.81. The molecule has 0 amide bonds. The molecule has 0 aliphatic rings. The number of hydrogen-bond donors (Lipinski definition) is 0. The van der Waals surface area contributed by atoms with Gasteiger partial charge in [0.05, 0.1) is 12.5 Å². The number of esters is 1. The van der Waals surface area contributed by atoms with Crippen molar-refractivity contribution in [2.24, 2.45) is 5.41 Å². The minimum atomic E-state index is -0.376. The van der Waals surface area contributed by atoms with Crippen molar-refractivity contribution in [2.75, 3.05) is 7.11 Å². The number of hydrogen-bond acceptors (Lipinski definition) is 2. The van der Waals surface area contributed by atoms with Gasteiger partial charge in [-0.2, -0.15) is 0 Å². The molecule has 2 heteroatoms. The molecule has 0 heterocycles. The molecule has 100 valence electrons. The van der Waals surface area contributed by atoms with Gasteiger partial charge in [-0.15, -0.1) is 0 Å². The first kappa shape index (κ1) is 14.7. The van der Waals surface area contributed by atoms with Crippen molar-refractivity contribution in [3.8, 4) is 0 Å². The van der Waals surface area contributed by atoms with Crippen LogP contribution in [-0.4, -0.2) is 13.1 Å². The Labute approximate surface area is 110 Å². The van der Waals surface area contributed by atoms with Crippen LogP contribution in [0, 0.1) is 5.41 Å². The van der Waals surface area contributed by atoms with Gasteiger partial charge in [-0.05, 0) is 31.2 Å². The fourth-order valence-corrected chi connectivity index (χ4v) is 2.66. The van der Waals surface area contributed by atoms with Gasteiger partial charge in [0.1, 0.15) is 0 Å². The topological polar surface area (TPSA) is 26.3 Å². The summed E-state index contributed by atoms with van der Waals surface area (Å²) in [5.41, 5.74) is 0.905. The second-order valence-electron chi connectivity index (χ2n) is 5.32. The first-order valence-electron chi connectivity index (χ1n) is 6.67. The second kappa shape index (κ2) is 6.58. The van der Waals surface area contributed by atoms with Crippen LogP contribution in [0.2, 0.25) is 0 Å². The number of carbonyl (C=O) groups excluding carboxylic acids is 1. The summed E-state index contributed by atoms with van der Waals surface area (Å²) < 4.78 is 4.97. The minimum absolute atomic E-state index is 0.0906. The summed E-state index contributed by atoms with van der Waals surface area (Å²) in [5, 5.41) is 0. The van der Waals surface area contributed by atoms with Crippen molar-refractivity contribution in [3.63, 3.8) is 0 Å². The Morgan fingerprint density at radius 3 is 2.44 bits per heavy atom. The van der Waals surface area contributed by atoms with E-state index in [1.54, 1.807) is 0 Å². The molecule has 18 heavy (non-hydrogen) atoms. The van der Waals surface area contributed by atoms with Crippen LogP contribution in [0.25, 0.3) is 0 Å². The van der Waals surface area contributed by atoms with Gasteiger partial charge in [-0.25, -0.2) is 0 Å². The van der Waals surface area contributed by atoms with Crippen LogP contribution in [0.5, 0.6) is 0 Å². The Hall–Kier alpha value is -1.31. The molecule has 0 aliphatic carbocycles. The lowest BCUT2D eigenvalue weighted by molar-refractivity contribution is -0.153. The van der Waals surface area contributed by atoms with Gasteiger partial charge in [0.15, 0.2) is 0 Å². The Bertz CT molecular complexity index is 372. The number of carbonyl (C=O) groups is 1. The van der Waals surface area contributed by atoms with E-state index in [9.17, 15) is 4.79 Å². The lowest BCUT2D eigenvalue weighted by Crippen LogP contribution is -2.30. The molecule has 2 nitrogen and oxygen atoms in total. The second-order valence-corrected chi connectivity index (χ2v) is 5.32. The van der Waals surface area contributed by atoms with E-state index in [0.29, 0.717) is 5.92 Å². The average Bonchev–Trinajstić information content (AvgIpc) is 2.39. The molecule has 0 aliphatic heterocycles. The molecule has 0 N–H and O–H groups in total. The maximum Gasteiger partial charge on any atom is 0.311 e.